The second-order valence-corrected chi connectivity index (χ2v) is 8.88. The Labute approximate surface area is 189 Å². The molecule has 2 aromatic rings. The Balaban J connectivity index is 1.50. The van der Waals surface area contributed by atoms with Crippen molar-refractivity contribution < 1.29 is 18.7 Å². The van der Waals surface area contributed by atoms with Gasteiger partial charge in [0.25, 0.3) is 5.91 Å². The van der Waals surface area contributed by atoms with E-state index in [0.717, 1.165) is 37.5 Å². The lowest BCUT2D eigenvalue weighted by Crippen LogP contribution is -2.61. The van der Waals surface area contributed by atoms with Gasteiger partial charge in [-0.05, 0) is 57.4 Å². The SMILES string of the molecule is Cc1ccc([C@H](CNC(=O)[C@@]2(C)CCCCN2C(=O)c2ccccc2)N2CCOCC2)o1. The van der Waals surface area contributed by atoms with Crippen LogP contribution in [0.15, 0.2) is 46.9 Å². The number of nitrogens with one attached hydrogen (secondary N) is 1. The maximum absolute atomic E-state index is 13.5. The van der Waals surface area contributed by atoms with Crippen LogP contribution >= 0.6 is 0 Å². The molecule has 7 nitrogen and oxygen atoms in total. The van der Waals surface area contributed by atoms with Crippen LogP contribution in [0.3, 0.4) is 0 Å². The third kappa shape index (κ3) is 4.74. The number of carbonyl (C=O) groups excluding carboxylic acids is 2. The molecule has 1 N–H and O–H groups in total. The van der Waals surface area contributed by atoms with Gasteiger partial charge in [0.1, 0.15) is 17.1 Å². The highest BCUT2D eigenvalue weighted by atomic mass is 16.5. The standard InChI is InChI=1S/C25H33N3O4/c1-19-10-11-22(32-19)21(27-14-16-31-17-15-27)18-26-24(30)25(2)12-6-7-13-28(25)23(29)20-8-4-3-5-9-20/h3-5,8-11,21H,6-7,12-18H2,1-2H3,(H,26,30)/t21-,25+/m0/s1. The van der Waals surface area contributed by atoms with Crippen molar-refractivity contribution in [1.29, 1.82) is 0 Å². The summed E-state index contributed by atoms with van der Waals surface area (Å²) >= 11 is 0. The smallest absolute Gasteiger partial charge is 0.254 e. The molecule has 2 aliphatic rings. The van der Waals surface area contributed by atoms with Crippen LogP contribution in [-0.2, 0) is 9.53 Å². The molecule has 1 aromatic heterocycles. The molecule has 3 heterocycles. The first kappa shape index (κ1) is 22.6. The van der Waals surface area contributed by atoms with Gasteiger partial charge < -0.3 is 19.4 Å². The monoisotopic (exact) mass is 439 g/mol. The largest absolute Gasteiger partial charge is 0.465 e. The Morgan fingerprint density at radius 3 is 2.50 bits per heavy atom. The number of furan rings is 1. The van der Waals surface area contributed by atoms with Crippen molar-refractivity contribution in [1.82, 2.24) is 15.1 Å². The second-order valence-electron chi connectivity index (χ2n) is 8.88. The third-order valence-corrected chi connectivity index (χ3v) is 6.68. The lowest BCUT2D eigenvalue weighted by molar-refractivity contribution is -0.133. The van der Waals surface area contributed by atoms with E-state index in [4.69, 9.17) is 9.15 Å². The van der Waals surface area contributed by atoms with E-state index in [0.29, 0.717) is 38.3 Å². The third-order valence-electron chi connectivity index (χ3n) is 6.68. The van der Waals surface area contributed by atoms with E-state index in [9.17, 15) is 9.59 Å². The Bertz CT molecular complexity index is 922. The Kier molecular flexibility index (Phi) is 6.96. The number of rotatable bonds is 6. The number of ether oxygens (including phenoxy) is 1. The fourth-order valence-electron chi connectivity index (χ4n) is 4.73. The summed E-state index contributed by atoms with van der Waals surface area (Å²) in [7, 11) is 0. The summed E-state index contributed by atoms with van der Waals surface area (Å²) in [5.41, 5.74) is -0.259. The predicted octanol–water partition coefficient (Wildman–Crippen LogP) is 3.16. The van der Waals surface area contributed by atoms with E-state index in [2.05, 4.69) is 10.2 Å². The Hall–Kier alpha value is -2.64. The van der Waals surface area contributed by atoms with Crippen molar-refractivity contribution in [2.24, 2.45) is 0 Å². The minimum absolute atomic E-state index is 0.0676. The number of morpholine rings is 1. The van der Waals surface area contributed by atoms with E-state index in [1.165, 1.54) is 0 Å². The van der Waals surface area contributed by atoms with Crippen LogP contribution in [0.1, 0.15) is 54.1 Å². The van der Waals surface area contributed by atoms with Crippen molar-refractivity contribution in [3.63, 3.8) is 0 Å². The quantitative estimate of drug-likeness (QED) is 0.748. The zero-order valence-corrected chi connectivity index (χ0v) is 19.0. The molecule has 1 aromatic carbocycles. The molecule has 2 saturated heterocycles. The van der Waals surface area contributed by atoms with Crippen LogP contribution in [0.4, 0.5) is 0 Å². The molecule has 2 amide bonds. The normalized spacial score (nSPS) is 23.0. The molecule has 172 valence electrons. The lowest BCUT2D eigenvalue weighted by Gasteiger charge is -2.44. The number of benzene rings is 1. The van der Waals surface area contributed by atoms with Gasteiger partial charge in [-0.1, -0.05) is 18.2 Å². The molecule has 2 aliphatic heterocycles. The minimum Gasteiger partial charge on any atom is -0.465 e. The Morgan fingerprint density at radius 2 is 1.81 bits per heavy atom. The van der Waals surface area contributed by atoms with Crippen molar-refractivity contribution in [3.05, 3.63) is 59.5 Å². The van der Waals surface area contributed by atoms with Gasteiger partial charge in [-0.3, -0.25) is 14.5 Å². The van der Waals surface area contributed by atoms with Crippen molar-refractivity contribution in [2.75, 3.05) is 39.4 Å². The van der Waals surface area contributed by atoms with Gasteiger partial charge in [-0.15, -0.1) is 0 Å². The highest BCUT2D eigenvalue weighted by Gasteiger charge is 2.44. The number of amides is 2. The number of hydrogen-bond acceptors (Lipinski definition) is 5. The number of hydrogen-bond donors (Lipinski definition) is 1. The van der Waals surface area contributed by atoms with Gasteiger partial charge in [-0.2, -0.15) is 0 Å². The Morgan fingerprint density at radius 1 is 1.06 bits per heavy atom. The zero-order valence-electron chi connectivity index (χ0n) is 19.0. The summed E-state index contributed by atoms with van der Waals surface area (Å²) < 4.78 is 11.4. The van der Waals surface area contributed by atoms with Crippen LogP contribution in [0.25, 0.3) is 0 Å². The second kappa shape index (κ2) is 9.88. The van der Waals surface area contributed by atoms with Gasteiger partial charge in [0.2, 0.25) is 5.91 Å². The summed E-state index contributed by atoms with van der Waals surface area (Å²) in [6.07, 6.45) is 2.48. The van der Waals surface area contributed by atoms with Crippen molar-refractivity contribution in [2.45, 2.75) is 44.7 Å². The molecule has 4 rings (SSSR count). The number of nitrogens with zero attached hydrogens (tertiary/aromatic N) is 2. The average Bonchev–Trinajstić information content (AvgIpc) is 3.26. The lowest BCUT2D eigenvalue weighted by atomic mass is 9.86. The number of piperidine rings is 1. The van der Waals surface area contributed by atoms with Crippen molar-refractivity contribution >= 4 is 11.8 Å². The molecule has 0 radical (unpaired) electrons. The summed E-state index contributed by atoms with van der Waals surface area (Å²) in [4.78, 5) is 30.8. The number of likely N-dealkylation sites (tertiary alicyclic amines) is 1. The highest BCUT2D eigenvalue weighted by Crippen LogP contribution is 2.30. The first-order chi connectivity index (χ1) is 15.5. The molecule has 0 saturated carbocycles. The van der Waals surface area contributed by atoms with Crippen LogP contribution in [0, 0.1) is 6.92 Å². The molecule has 0 bridgehead atoms. The molecule has 32 heavy (non-hydrogen) atoms. The first-order valence-corrected chi connectivity index (χ1v) is 11.5. The molecule has 2 atom stereocenters. The topological polar surface area (TPSA) is 75.0 Å². The minimum atomic E-state index is -0.875. The maximum atomic E-state index is 13.5. The van der Waals surface area contributed by atoms with Gasteiger partial charge in [-0.25, -0.2) is 0 Å². The average molecular weight is 440 g/mol. The molecule has 7 heteroatoms. The van der Waals surface area contributed by atoms with Crippen LogP contribution in [0.2, 0.25) is 0 Å². The fraction of sp³-hybridized carbons (Fsp3) is 0.520. The summed E-state index contributed by atoms with van der Waals surface area (Å²) in [5.74, 6) is 1.50. The zero-order chi connectivity index (χ0) is 22.6. The highest BCUT2D eigenvalue weighted by molar-refractivity contribution is 5.99. The molecule has 0 spiro atoms. The van der Waals surface area contributed by atoms with Crippen LogP contribution in [0.5, 0.6) is 0 Å². The van der Waals surface area contributed by atoms with Crippen molar-refractivity contribution in [3.8, 4) is 0 Å². The maximum Gasteiger partial charge on any atom is 0.254 e. The van der Waals surface area contributed by atoms with E-state index in [1.54, 1.807) is 4.90 Å². The van der Waals surface area contributed by atoms with E-state index in [1.807, 2.05) is 56.3 Å². The fourth-order valence-corrected chi connectivity index (χ4v) is 4.73. The molecular formula is C25H33N3O4. The van der Waals surface area contributed by atoms with Crippen LogP contribution in [-0.4, -0.2) is 66.5 Å². The van der Waals surface area contributed by atoms with E-state index < -0.39 is 5.54 Å². The first-order valence-electron chi connectivity index (χ1n) is 11.5. The summed E-state index contributed by atoms with van der Waals surface area (Å²) in [6, 6.07) is 13.1. The van der Waals surface area contributed by atoms with Gasteiger partial charge in [0.15, 0.2) is 0 Å². The van der Waals surface area contributed by atoms with Gasteiger partial charge in [0, 0.05) is 31.7 Å². The summed E-state index contributed by atoms with van der Waals surface area (Å²) in [6.45, 7) is 7.74. The van der Waals surface area contributed by atoms with Gasteiger partial charge in [0.05, 0.1) is 19.3 Å². The van der Waals surface area contributed by atoms with Crippen LogP contribution < -0.4 is 5.32 Å². The summed E-state index contributed by atoms with van der Waals surface area (Å²) in [5, 5.41) is 3.16. The van der Waals surface area contributed by atoms with Gasteiger partial charge >= 0.3 is 0 Å². The molecule has 0 unspecified atom stereocenters. The van der Waals surface area contributed by atoms with E-state index in [-0.39, 0.29) is 17.9 Å². The number of aryl methyl sites for hydroxylation is 1. The molecule has 0 aliphatic carbocycles. The molecular weight excluding hydrogens is 406 g/mol. The number of carbonyl (C=O) groups is 2. The van der Waals surface area contributed by atoms with E-state index >= 15 is 0 Å². The predicted molar refractivity (Wildman–Crippen MR) is 121 cm³/mol. The molecule has 2 fully saturated rings.